The van der Waals surface area contributed by atoms with E-state index in [4.69, 9.17) is 23.7 Å². The van der Waals surface area contributed by atoms with E-state index in [0.29, 0.717) is 32.1 Å². The summed E-state index contributed by atoms with van der Waals surface area (Å²) >= 11 is 0. The second-order valence-electron chi connectivity index (χ2n) is 10.5. The Bertz CT molecular complexity index is 808. The summed E-state index contributed by atoms with van der Waals surface area (Å²) in [7, 11) is 1.38. The summed E-state index contributed by atoms with van der Waals surface area (Å²) in [5, 5.41) is 21.2. The number of hydrogen-bond donors (Lipinski definition) is 2. The number of ether oxygens (including phenoxy) is 5. The Balaban J connectivity index is 2.82. The normalized spacial score (nSPS) is 23.3. The van der Waals surface area contributed by atoms with Crippen molar-refractivity contribution >= 4 is 18.1 Å². The molecule has 10 heteroatoms. The van der Waals surface area contributed by atoms with Crippen LogP contribution in [0.5, 0.6) is 0 Å². The number of esters is 2. The molecule has 0 bridgehead atoms. The van der Waals surface area contributed by atoms with Gasteiger partial charge in [-0.15, -0.1) is 0 Å². The summed E-state index contributed by atoms with van der Waals surface area (Å²) in [6, 6.07) is 0. The van der Waals surface area contributed by atoms with Gasteiger partial charge in [-0.3, -0.25) is 4.79 Å². The lowest BCUT2D eigenvalue weighted by molar-refractivity contribution is -0.179. The minimum Gasteiger partial charge on any atom is -0.463 e. The van der Waals surface area contributed by atoms with Crippen molar-refractivity contribution in [2.75, 3.05) is 7.11 Å². The molecule has 1 aliphatic carbocycles. The molecule has 1 aliphatic rings. The van der Waals surface area contributed by atoms with Crippen LogP contribution in [0, 0.1) is 11.8 Å². The Morgan fingerprint density at radius 1 is 1.00 bits per heavy atom. The van der Waals surface area contributed by atoms with Gasteiger partial charge in [-0.1, -0.05) is 50.5 Å². The van der Waals surface area contributed by atoms with E-state index in [9.17, 15) is 24.6 Å². The average Bonchev–Trinajstić information content (AvgIpc) is 3.17. The Morgan fingerprint density at radius 2 is 1.73 bits per heavy atom. The summed E-state index contributed by atoms with van der Waals surface area (Å²) in [6.45, 7) is 8.63. The number of aliphatic hydroxyl groups excluding tert-OH is 2. The third-order valence-corrected chi connectivity index (χ3v) is 6.71. The number of rotatable bonds is 18. The van der Waals surface area contributed by atoms with Crippen LogP contribution in [0.1, 0.15) is 92.4 Å². The highest BCUT2D eigenvalue weighted by atomic mass is 16.7. The van der Waals surface area contributed by atoms with Crippen molar-refractivity contribution in [3.05, 3.63) is 24.3 Å². The van der Waals surface area contributed by atoms with Gasteiger partial charge in [0.25, 0.3) is 0 Å². The van der Waals surface area contributed by atoms with Crippen LogP contribution in [0.4, 0.5) is 4.79 Å². The van der Waals surface area contributed by atoms with Gasteiger partial charge in [-0.2, -0.15) is 0 Å². The van der Waals surface area contributed by atoms with Gasteiger partial charge in [0.1, 0.15) is 6.10 Å². The molecule has 0 radical (unpaired) electrons. The van der Waals surface area contributed by atoms with Crippen molar-refractivity contribution in [1.29, 1.82) is 0 Å². The van der Waals surface area contributed by atoms with E-state index in [-0.39, 0.29) is 30.3 Å². The second kappa shape index (κ2) is 19.6. The summed E-state index contributed by atoms with van der Waals surface area (Å²) < 4.78 is 25.7. The van der Waals surface area contributed by atoms with Crippen molar-refractivity contribution < 1.29 is 48.3 Å². The van der Waals surface area contributed by atoms with Crippen molar-refractivity contribution in [1.82, 2.24) is 0 Å². The molecule has 0 aromatic heterocycles. The molecule has 1 fully saturated rings. The minimum atomic E-state index is -1.20. The van der Waals surface area contributed by atoms with Gasteiger partial charge in [0.15, 0.2) is 12.4 Å². The molecule has 40 heavy (non-hydrogen) atoms. The Morgan fingerprint density at radius 3 is 2.38 bits per heavy atom. The van der Waals surface area contributed by atoms with Crippen molar-refractivity contribution in [3.8, 4) is 0 Å². The molecule has 0 spiro atoms. The van der Waals surface area contributed by atoms with E-state index in [1.165, 1.54) is 21.0 Å². The molecular formula is C30H50O10. The maximum Gasteiger partial charge on any atom is 0.509 e. The number of unbranched alkanes of at least 4 members (excludes halogenated alkanes) is 3. The lowest BCUT2D eigenvalue weighted by atomic mass is 9.89. The molecule has 1 rings (SSSR count). The van der Waals surface area contributed by atoms with E-state index in [2.05, 4.69) is 6.92 Å². The molecule has 0 saturated heterocycles. The minimum absolute atomic E-state index is 0.141. The Kier molecular flexibility index (Phi) is 17.5. The highest BCUT2D eigenvalue weighted by Crippen LogP contribution is 2.38. The molecular weight excluding hydrogens is 520 g/mol. The smallest absolute Gasteiger partial charge is 0.463 e. The quantitative estimate of drug-likeness (QED) is 0.0761. The monoisotopic (exact) mass is 570 g/mol. The predicted molar refractivity (Wildman–Crippen MR) is 149 cm³/mol. The van der Waals surface area contributed by atoms with Gasteiger partial charge in [0, 0.05) is 31.8 Å². The molecule has 0 heterocycles. The van der Waals surface area contributed by atoms with Crippen LogP contribution in [-0.4, -0.2) is 72.2 Å². The largest absolute Gasteiger partial charge is 0.509 e. The van der Waals surface area contributed by atoms with Gasteiger partial charge < -0.3 is 33.9 Å². The molecule has 0 aromatic carbocycles. The van der Waals surface area contributed by atoms with Crippen molar-refractivity contribution in [3.63, 3.8) is 0 Å². The summed E-state index contributed by atoms with van der Waals surface area (Å²) in [4.78, 5) is 36.3. The highest BCUT2D eigenvalue weighted by Gasteiger charge is 2.43. The van der Waals surface area contributed by atoms with Gasteiger partial charge in [-0.25, -0.2) is 9.59 Å². The maximum absolute atomic E-state index is 12.5. The molecule has 2 unspecified atom stereocenters. The van der Waals surface area contributed by atoms with E-state index < -0.39 is 42.8 Å². The fraction of sp³-hybridized carbons (Fsp3) is 0.767. The first-order valence-electron chi connectivity index (χ1n) is 14.5. The molecule has 230 valence electrons. The fourth-order valence-electron chi connectivity index (χ4n) is 4.48. The van der Waals surface area contributed by atoms with Crippen LogP contribution >= 0.6 is 0 Å². The average molecular weight is 571 g/mol. The summed E-state index contributed by atoms with van der Waals surface area (Å²) in [6.07, 6.45) is 8.15. The molecule has 0 amide bonds. The molecule has 1 saturated carbocycles. The molecule has 10 nitrogen and oxygen atoms in total. The second-order valence-corrected chi connectivity index (χ2v) is 10.5. The van der Waals surface area contributed by atoms with Gasteiger partial charge >= 0.3 is 18.1 Å². The van der Waals surface area contributed by atoms with Crippen molar-refractivity contribution in [2.45, 2.75) is 129 Å². The van der Waals surface area contributed by atoms with E-state index in [1.54, 1.807) is 6.08 Å². The predicted octanol–water partition coefficient (Wildman–Crippen LogP) is 4.99. The van der Waals surface area contributed by atoms with Crippen molar-refractivity contribution in [2.24, 2.45) is 11.8 Å². The van der Waals surface area contributed by atoms with Gasteiger partial charge in [0.05, 0.1) is 18.3 Å². The summed E-state index contributed by atoms with van der Waals surface area (Å²) in [5.74, 6) is -1.63. The van der Waals surface area contributed by atoms with Crippen LogP contribution in [-0.2, 0) is 33.3 Å². The summed E-state index contributed by atoms with van der Waals surface area (Å²) in [5.41, 5.74) is 0. The number of methoxy groups -OCH3 is 1. The third kappa shape index (κ3) is 14.3. The van der Waals surface area contributed by atoms with Crippen LogP contribution in [0.25, 0.3) is 0 Å². The molecule has 2 N–H and O–H groups in total. The first-order chi connectivity index (χ1) is 19.0. The molecule has 7 atom stereocenters. The number of carbonyl (C=O) groups is 3. The number of hydrogen-bond acceptors (Lipinski definition) is 10. The first-order valence-corrected chi connectivity index (χ1v) is 14.5. The first kappa shape index (κ1) is 35.6. The van der Waals surface area contributed by atoms with E-state index >= 15 is 0 Å². The standard InChI is InChI=1S/C30H50O10/c1-7-8-11-14-23(31)17-18-24-25(15-12-9-10-13-16-28(33)37-20(2)3)27(19-26(24)32)40-30(35)38-21(4)29(34)39-22(5)36-6/h9,12,17-18,20-27,31-32H,7-8,10-11,13-16,19H2,1-6H3/b12-9-,18-17+/t21?,22?,23-,24+,25+,26+,27-/m0/s1. The number of carbonyl (C=O) groups excluding carboxylic acids is 3. The number of aliphatic hydroxyl groups is 2. The third-order valence-electron chi connectivity index (χ3n) is 6.71. The van der Waals surface area contributed by atoms with Crippen LogP contribution < -0.4 is 0 Å². The molecule has 0 aromatic rings. The zero-order valence-electron chi connectivity index (χ0n) is 25.0. The van der Waals surface area contributed by atoms with Crippen LogP contribution in [0.2, 0.25) is 0 Å². The lowest BCUT2D eigenvalue weighted by Crippen LogP contribution is -2.32. The van der Waals surface area contributed by atoms with E-state index in [0.717, 1.165) is 19.3 Å². The topological polar surface area (TPSA) is 138 Å². The highest BCUT2D eigenvalue weighted by molar-refractivity contribution is 5.77. The zero-order chi connectivity index (χ0) is 30.1. The van der Waals surface area contributed by atoms with Crippen LogP contribution in [0.15, 0.2) is 24.3 Å². The fourth-order valence-corrected chi connectivity index (χ4v) is 4.48. The van der Waals surface area contributed by atoms with Gasteiger partial charge in [-0.05, 0) is 53.4 Å². The zero-order valence-corrected chi connectivity index (χ0v) is 25.0. The maximum atomic E-state index is 12.5. The van der Waals surface area contributed by atoms with Gasteiger partial charge in [0.2, 0.25) is 0 Å². The SMILES string of the molecule is CCCCC[C@H](O)/C=C/[C@@H]1[C@@H](C/C=C\CCCC(=O)OC(C)C)[C@@H](OC(=O)OC(C)C(=O)OC(C)OC)C[C@H]1O. The molecule has 0 aliphatic heterocycles. The Labute approximate surface area is 239 Å². The number of allylic oxidation sites excluding steroid dienone is 2. The van der Waals surface area contributed by atoms with Crippen LogP contribution in [0.3, 0.4) is 0 Å². The lowest BCUT2D eigenvalue weighted by Gasteiger charge is -2.23. The Hall–Kier alpha value is -2.43. The van der Waals surface area contributed by atoms with E-state index in [1.807, 2.05) is 32.1 Å².